The van der Waals surface area contributed by atoms with Crippen LogP contribution in [0.5, 0.6) is 11.5 Å². The van der Waals surface area contributed by atoms with E-state index in [2.05, 4.69) is 50.2 Å². The van der Waals surface area contributed by atoms with E-state index < -0.39 is 0 Å². The zero-order valence-electron chi connectivity index (χ0n) is 12.9. The molecule has 0 aliphatic carbocycles. The molecule has 0 bridgehead atoms. The van der Waals surface area contributed by atoms with Crippen LogP contribution in [0, 0.1) is 6.92 Å². The zero-order chi connectivity index (χ0) is 14.8. The molecule has 0 aliphatic heterocycles. The average molecular weight is 273 g/mol. The highest BCUT2D eigenvalue weighted by Crippen LogP contribution is 2.25. The molecule has 108 valence electrons. The number of nitrogens with one attached hydrogen (secondary N) is 1. The first-order chi connectivity index (χ1) is 9.33. The van der Waals surface area contributed by atoms with E-state index in [9.17, 15) is 0 Å². The van der Waals surface area contributed by atoms with E-state index in [1.807, 2.05) is 19.3 Å². The van der Waals surface area contributed by atoms with Crippen molar-refractivity contribution >= 4 is 0 Å². The van der Waals surface area contributed by atoms with Crippen molar-refractivity contribution < 1.29 is 4.74 Å². The molecule has 0 radical (unpaired) electrons. The van der Waals surface area contributed by atoms with Crippen molar-refractivity contribution in [3.63, 3.8) is 0 Å². The molecule has 4 nitrogen and oxygen atoms in total. The fourth-order valence-electron chi connectivity index (χ4n) is 1.88. The van der Waals surface area contributed by atoms with Gasteiger partial charge in [-0.2, -0.15) is 5.10 Å². The Morgan fingerprint density at radius 2 is 2.05 bits per heavy atom. The maximum absolute atomic E-state index is 5.83. The van der Waals surface area contributed by atoms with E-state index in [0.29, 0.717) is 0 Å². The first-order valence-electron chi connectivity index (χ1n) is 6.84. The average Bonchev–Trinajstić information content (AvgIpc) is 2.74. The van der Waals surface area contributed by atoms with E-state index in [4.69, 9.17) is 4.74 Å². The number of aromatic nitrogens is 2. The number of hydrogen-bond acceptors (Lipinski definition) is 3. The normalized spacial score (nSPS) is 11.7. The molecular weight excluding hydrogens is 250 g/mol. The van der Waals surface area contributed by atoms with Gasteiger partial charge in [-0.25, -0.2) is 0 Å². The van der Waals surface area contributed by atoms with Gasteiger partial charge in [-0.3, -0.25) is 4.68 Å². The molecule has 4 heteroatoms. The summed E-state index contributed by atoms with van der Waals surface area (Å²) in [6.07, 6.45) is 3.57. The SMILES string of the molecule is Cc1cc(CNC(C)(C)C)ccc1Oc1cnn(C)c1. The summed E-state index contributed by atoms with van der Waals surface area (Å²) in [6.45, 7) is 9.42. The van der Waals surface area contributed by atoms with Gasteiger partial charge in [0, 0.05) is 19.1 Å². The van der Waals surface area contributed by atoms with Crippen LogP contribution < -0.4 is 10.1 Å². The molecule has 1 aromatic heterocycles. The van der Waals surface area contributed by atoms with Crippen molar-refractivity contribution in [3.8, 4) is 11.5 Å². The Bertz CT molecular complexity index is 582. The van der Waals surface area contributed by atoms with Gasteiger partial charge >= 0.3 is 0 Å². The lowest BCUT2D eigenvalue weighted by molar-refractivity contribution is 0.424. The van der Waals surface area contributed by atoms with Crippen molar-refractivity contribution in [1.82, 2.24) is 15.1 Å². The lowest BCUT2D eigenvalue weighted by Crippen LogP contribution is -2.35. The number of ether oxygens (including phenoxy) is 1. The highest BCUT2D eigenvalue weighted by molar-refractivity contribution is 5.38. The van der Waals surface area contributed by atoms with Crippen molar-refractivity contribution in [3.05, 3.63) is 41.7 Å². The summed E-state index contributed by atoms with van der Waals surface area (Å²) in [4.78, 5) is 0. The van der Waals surface area contributed by atoms with Gasteiger partial charge in [0.15, 0.2) is 5.75 Å². The fourth-order valence-corrected chi connectivity index (χ4v) is 1.88. The molecule has 0 fully saturated rings. The summed E-state index contributed by atoms with van der Waals surface area (Å²) in [5, 5.41) is 7.58. The lowest BCUT2D eigenvalue weighted by atomic mass is 10.1. The number of nitrogens with zero attached hydrogens (tertiary/aromatic N) is 2. The summed E-state index contributed by atoms with van der Waals surface area (Å²) in [6, 6.07) is 6.27. The molecule has 0 unspecified atom stereocenters. The summed E-state index contributed by atoms with van der Waals surface area (Å²) < 4.78 is 7.56. The predicted molar refractivity (Wildman–Crippen MR) is 81.1 cm³/mol. The molecule has 0 saturated heterocycles. The molecule has 2 rings (SSSR count). The highest BCUT2D eigenvalue weighted by Gasteiger charge is 2.09. The number of benzene rings is 1. The van der Waals surface area contributed by atoms with Crippen LogP contribution in [0.1, 0.15) is 31.9 Å². The molecule has 20 heavy (non-hydrogen) atoms. The van der Waals surface area contributed by atoms with Crippen LogP contribution >= 0.6 is 0 Å². The van der Waals surface area contributed by atoms with Gasteiger partial charge in [-0.1, -0.05) is 12.1 Å². The Balaban J connectivity index is 2.06. The van der Waals surface area contributed by atoms with Gasteiger partial charge in [-0.05, 0) is 44.9 Å². The first-order valence-corrected chi connectivity index (χ1v) is 6.84. The third kappa shape index (κ3) is 4.10. The van der Waals surface area contributed by atoms with E-state index in [1.165, 1.54) is 5.56 Å². The van der Waals surface area contributed by atoms with Crippen LogP contribution in [-0.4, -0.2) is 15.3 Å². The lowest BCUT2D eigenvalue weighted by Gasteiger charge is -2.21. The molecule has 0 saturated carbocycles. The van der Waals surface area contributed by atoms with Gasteiger partial charge in [0.2, 0.25) is 0 Å². The Morgan fingerprint density at radius 1 is 1.30 bits per heavy atom. The summed E-state index contributed by atoms with van der Waals surface area (Å²) in [5.74, 6) is 1.63. The number of aryl methyl sites for hydroxylation is 2. The second-order valence-electron chi connectivity index (χ2n) is 6.16. The minimum absolute atomic E-state index is 0.124. The van der Waals surface area contributed by atoms with Crippen LogP contribution in [0.2, 0.25) is 0 Å². The summed E-state index contributed by atoms with van der Waals surface area (Å²) >= 11 is 0. The second kappa shape index (κ2) is 5.67. The van der Waals surface area contributed by atoms with Crippen molar-refractivity contribution in [2.45, 2.75) is 39.8 Å². The quantitative estimate of drug-likeness (QED) is 0.928. The third-order valence-electron chi connectivity index (χ3n) is 2.97. The minimum atomic E-state index is 0.124. The van der Waals surface area contributed by atoms with Crippen molar-refractivity contribution in [2.24, 2.45) is 7.05 Å². The summed E-state index contributed by atoms with van der Waals surface area (Å²) in [5.41, 5.74) is 2.51. The van der Waals surface area contributed by atoms with Gasteiger partial charge in [0.1, 0.15) is 5.75 Å². The van der Waals surface area contributed by atoms with Crippen LogP contribution in [0.3, 0.4) is 0 Å². The van der Waals surface area contributed by atoms with Crippen LogP contribution in [0.15, 0.2) is 30.6 Å². The predicted octanol–water partition coefficient (Wildman–Crippen LogP) is 3.41. The van der Waals surface area contributed by atoms with E-state index in [0.717, 1.165) is 23.6 Å². The molecule has 1 N–H and O–H groups in total. The van der Waals surface area contributed by atoms with Gasteiger partial charge in [0.25, 0.3) is 0 Å². The molecule has 0 atom stereocenters. The van der Waals surface area contributed by atoms with Gasteiger partial charge in [0.05, 0.1) is 12.4 Å². The monoisotopic (exact) mass is 273 g/mol. The molecule has 0 amide bonds. The Morgan fingerprint density at radius 3 is 2.60 bits per heavy atom. The second-order valence-corrected chi connectivity index (χ2v) is 6.16. The van der Waals surface area contributed by atoms with Gasteiger partial charge < -0.3 is 10.1 Å². The number of rotatable bonds is 4. The molecule has 0 aliphatic rings. The largest absolute Gasteiger partial charge is 0.454 e. The molecular formula is C16H23N3O. The maximum Gasteiger partial charge on any atom is 0.165 e. The van der Waals surface area contributed by atoms with Crippen LogP contribution in [0.25, 0.3) is 0 Å². The minimum Gasteiger partial charge on any atom is -0.454 e. The topological polar surface area (TPSA) is 39.1 Å². The fraction of sp³-hybridized carbons (Fsp3) is 0.438. The zero-order valence-corrected chi connectivity index (χ0v) is 12.9. The van der Waals surface area contributed by atoms with E-state index >= 15 is 0 Å². The Labute approximate surface area is 120 Å². The molecule has 2 aromatic rings. The van der Waals surface area contributed by atoms with Crippen LogP contribution in [0.4, 0.5) is 0 Å². The van der Waals surface area contributed by atoms with E-state index in [-0.39, 0.29) is 5.54 Å². The standard InChI is InChI=1S/C16H23N3O/c1-12-8-13(9-17-16(2,3)4)6-7-15(12)20-14-10-18-19(5)11-14/h6-8,10-11,17H,9H2,1-5H3. The molecule has 1 aromatic carbocycles. The van der Waals surface area contributed by atoms with Crippen molar-refractivity contribution in [1.29, 1.82) is 0 Å². The number of hydrogen-bond donors (Lipinski definition) is 1. The van der Waals surface area contributed by atoms with Crippen molar-refractivity contribution in [2.75, 3.05) is 0 Å². The smallest absolute Gasteiger partial charge is 0.165 e. The van der Waals surface area contributed by atoms with E-state index in [1.54, 1.807) is 10.9 Å². The third-order valence-corrected chi connectivity index (χ3v) is 2.97. The van der Waals surface area contributed by atoms with Crippen LogP contribution in [-0.2, 0) is 13.6 Å². The highest BCUT2D eigenvalue weighted by atomic mass is 16.5. The Kier molecular flexibility index (Phi) is 4.14. The summed E-state index contributed by atoms with van der Waals surface area (Å²) in [7, 11) is 1.88. The first kappa shape index (κ1) is 14.6. The molecule has 1 heterocycles. The Hall–Kier alpha value is -1.81. The molecule has 0 spiro atoms. The van der Waals surface area contributed by atoms with Gasteiger partial charge in [-0.15, -0.1) is 0 Å². The maximum atomic E-state index is 5.83.